The van der Waals surface area contributed by atoms with Gasteiger partial charge in [0.25, 0.3) is 5.91 Å². The maximum absolute atomic E-state index is 12.4. The number of aromatic nitrogens is 1. The molecule has 0 atom stereocenters. The summed E-state index contributed by atoms with van der Waals surface area (Å²) < 4.78 is 5.25. The van der Waals surface area contributed by atoms with E-state index in [0.717, 1.165) is 5.56 Å². The predicted octanol–water partition coefficient (Wildman–Crippen LogP) is 2.47. The summed E-state index contributed by atoms with van der Waals surface area (Å²) in [6, 6.07) is 14.5. The Balaban J connectivity index is 1.84. The molecule has 0 aliphatic rings. The van der Waals surface area contributed by atoms with E-state index < -0.39 is 5.91 Å². The van der Waals surface area contributed by atoms with Crippen LogP contribution in [-0.4, -0.2) is 18.0 Å². The number of hydrogen-bond acceptors (Lipinski definition) is 3. The molecule has 5 nitrogen and oxygen atoms in total. The summed E-state index contributed by atoms with van der Waals surface area (Å²) in [4.78, 5) is 27.7. The van der Waals surface area contributed by atoms with Gasteiger partial charge in [-0.3, -0.25) is 9.59 Å². The largest absolute Gasteiger partial charge is 0.496 e. The summed E-state index contributed by atoms with van der Waals surface area (Å²) >= 11 is 0. The van der Waals surface area contributed by atoms with Gasteiger partial charge in [0.15, 0.2) is 0 Å². The van der Waals surface area contributed by atoms with E-state index in [1.165, 1.54) is 6.20 Å². The number of hydrogen-bond donors (Lipinski definition) is 2. The lowest BCUT2D eigenvalue weighted by Gasteiger charge is -2.09. The number of pyridine rings is 1. The quantitative estimate of drug-likeness (QED) is 0.778. The molecule has 3 aromatic rings. The zero-order valence-electron chi connectivity index (χ0n) is 12.6. The molecule has 116 valence electrons. The van der Waals surface area contributed by atoms with Crippen LogP contribution in [0.5, 0.6) is 5.75 Å². The van der Waals surface area contributed by atoms with Crippen LogP contribution >= 0.6 is 0 Å². The molecule has 0 fully saturated rings. The maximum atomic E-state index is 12.4. The smallest absolute Gasteiger partial charge is 0.257 e. The van der Waals surface area contributed by atoms with Crippen LogP contribution in [0.25, 0.3) is 10.9 Å². The van der Waals surface area contributed by atoms with Gasteiger partial charge in [-0.05, 0) is 18.2 Å². The highest BCUT2D eigenvalue weighted by Crippen LogP contribution is 2.16. The summed E-state index contributed by atoms with van der Waals surface area (Å²) in [5, 5.41) is 3.25. The summed E-state index contributed by atoms with van der Waals surface area (Å²) in [7, 11) is 1.58. The minimum atomic E-state index is -0.414. The third-order valence-electron chi connectivity index (χ3n) is 3.66. The number of para-hydroxylation sites is 2. The van der Waals surface area contributed by atoms with E-state index in [1.807, 2.05) is 30.3 Å². The van der Waals surface area contributed by atoms with Crippen LogP contribution in [-0.2, 0) is 6.54 Å². The van der Waals surface area contributed by atoms with Gasteiger partial charge in [0, 0.05) is 29.2 Å². The minimum absolute atomic E-state index is 0.0959. The molecule has 2 N–H and O–H groups in total. The molecule has 0 radical (unpaired) electrons. The molecule has 0 unspecified atom stereocenters. The van der Waals surface area contributed by atoms with E-state index in [-0.39, 0.29) is 17.5 Å². The van der Waals surface area contributed by atoms with Crippen molar-refractivity contribution in [1.82, 2.24) is 10.3 Å². The fourth-order valence-electron chi connectivity index (χ4n) is 2.46. The van der Waals surface area contributed by atoms with E-state index in [4.69, 9.17) is 4.74 Å². The Morgan fingerprint density at radius 3 is 2.70 bits per heavy atom. The number of benzene rings is 2. The molecular weight excluding hydrogens is 292 g/mol. The van der Waals surface area contributed by atoms with Gasteiger partial charge in [0.05, 0.1) is 7.11 Å². The van der Waals surface area contributed by atoms with Gasteiger partial charge >= 0.3 is 0 Å². The second kappa shape index (κ2) is 6.36. The fourth-order valence-corrected chi connectivity index (χ4v) is 2.46. The van der Waals surface area contributed by atoms with Crippen molar-refractivity contribution in [1.29, 1.82) is 0 Å². The van der Waals surface area contributed by atoms with Crippen LogP contribution in [0.4, 0.5) is 0 Å². The van der Waals surface area contributed by atoms with Crippen LogP contribution in [0.3, 0.4) is 0 Å². The van der Waals surface area contributed by atoms with E-state index >= 15 is 0 Å². The average Bonchev–Trinajstić information content (AvgIpc) is 2.60. The Morgan fingerprint density at radius 2 is 1.87 bits per heavy atom. The van der Waals surface area contributed by atoms with Gasteiger partial charge in [-0.1, -0.05) is 30.3 Å². The van der Waals surface area contributed by atoms with E-state index in [1.54, 1.807) is 25.3 Å². The van der Waals surface area contributed by atoms with Crippen LogP contribution in [0.15, 0.2) is 59.5 Å². The molecule has 3 rings (SSSR count). The number of rotatable bonds is 4. The summed E-state index contributed by atoms with van der Waals surface area (Å²) in [6.07, 6.45) is 1.45. The van der Waals surface area contributed by atoms with E-state index in [0.29, 0.717) is 16.7 Å². The first-order valence-corrected chi connectivity index (χ1v) is 7.21. The summed E-state index contributed by atoms with van der Waals surface area (Å²) in [5.41, 5.74) is 1.37. The fraction of sp³-hybridized carbons (Fsp3) is 0.111. The molecule has 1 amide bonds. The van der Waals surface area contributed by atoms with Gasteiger partial charge in [-0.25, -0.2) is 0 Å². The van der Waals surface area contributed by atoms with Crippen molar-refractivity contribution in [2.24, 2.45) is 0 Å². The lowest BCUT2D eigenvalue weighted by molar-refractivity contribution is 0.0949. The Morgan fingerprint density at radius 1 is 1.13 bits per heavy atom. The molecule has 0 bridgehead atoms. The Kier molecular flexibility index (Phi) is 4.10. The molecule has 2 aromatic carbocycles. The number of aromatic amines is 1. The van der Waals surface area contributed by atoms with Gasteiger partial charge in [0.1, 0.15) is 11.3 Å². The number of methoxy groups -OCH3 is 1. The van der Waals surface area contributed by atoms with Crippen molar-refractivity contribution in [2.75, 3.05) is 7.11 Å². The summed E-state index contributed by atoms with van der Waals surface area (Å²) in [6.45, 7) is 0.287. The molecule has 0 saturated heterocycles. The first-order chi connectivity index (χ1) is 11.2. The molecule has 5 heteroatoms. The Bertz CT molecular complexity index is 915. The number of fused-ring (bicyclic) bond motifs is 1. The van der Waals surface area contributed by atoms with Crippen molar-refractivity contribution < 1.29 is 9.53 Å². The molecule has 0 spiro atoms. The average molecular weight is 308 g/mol. The number of amides is 1. The van der Waals surface area contributed by atoms with Gasteiger partial charge < -0.3 is 15.0 Å². The van der Waals surface area contributed by atoms with Crippen molar-refractivity contribution in [3.05, 3.63) is 76.1 Å². The Hall–Kier alpha value is -3.08. The van der Waals surface area contributed by atoms with Crippen molar-refractivity contribution in [2.45, 2.75) is 6.54 Å². The first kappa shape index (κ1) is 14.8. The van der Waals surface area contributed by atoms with Crippen molar-refractivity contribution in [3.63, 3.8) is 0 Å². The minimum Gasteiger partial charge on any atom is -0.496 e. The summed E-state index contributed by atoms with van der Waals surface area (Å²) in [5.74, 6) is 0.281. The lowest BCUT2D eigenvalue weighted by Crippen LogP contribution is -2.28. The first-order valence-electron chi connectivity index (χ1n) is 7.21. The number of carbonyl (C=O) groups is 1. The monoisotopic (exact) mass is 308 g/mol. The van der Waals surface area contributed by atoms with Gasteiger partial charge in [-0.15, -0.1) is 0 Å². The molecule has 0 aliphatic heterocycles. The normalized spacial score (nSPS) is 10.5. The predicted molar refractivity (Wildman–Crippen MR) is 88.7 cm³/mol. The zero-order chi connectivity index (χ0) is 16.2. The third kappa shape index (κ3) is 2.94. The van der Waals surface area contributed by atoms with Crippen LogP contribution in [0.1, 0.15) is 15.9 Å². The highest BCUT2D eigenvalue weighted by molar-refractivity contribution is 5.97. The molecule has 23 heavy (non-hydrogen) atoms. The molecule has 0 aliphatic carbocycles. The van der Waals surface area contributed by atoms with E-state index in [9.17, 15) is 9.59 Å². The highest BCUT2D eigenvalue weighted by atomic mass is 16.5. The molecule has 0 saturated carbocycles. The number of carbonyl (C=O) groups excluding carboxylic acids is 1. The third-order valence-corrected chi connectivity index (χ3v) is 3.66. The van der Waals surface area contributed by atoms with Crippen LogP contribution in [0, 0.1) is 0 Å². The molecular formula is C18H16N2O3. The van der Waals surface area contributed by atoms with Crippen LogP contribution < -0.4 is 15.5 Å². The van der Waals surface area contributed by atoms with E-state index in [2.05, 4.69) is 10.3 Å². The second-order valence-electron chi connectivity index (χ2n) is 5.07. The maximum Gasteiger partial charge on any atom is 0.257 e. The van der Waals surface area contributed by atoms with Gasteiger partial charge in [-0.2, -0.15) is 0 Å². The van der Waals surface area contributed by atoms with Crippen molar-refractivity contribution >= 4 is 16.8 Å². The lowest BCUT2D eigenvalue weighted by atomic mass is 10.1. The number of ether oxygens (including phenoxy) is 1. The number of H-pyrrole nitrogens is 1. The topological polar surface area (TPSA) is 71.2 Å². The van der Waals surface area contributed by atoms with Crippen LogP contribution in [0.2, 0.25) is 0 Å². The van der Waals surface area contributed by atoms with Gasteiger partial charge in [0.2, 0.25) is 5.43 Å². The SMILES string of the molecule is COc1ccccc1CNC(=O)c1c[nH]c2ccccc2c1=O. The highest BCUT2D eigenvalue weighted by Gasteiger charge is 2.13. The molecule has 1 heterocycles. The Labute approximate surface area is 132 Å². The number of nitrogens with one attached hydrogen (secondary N) is 2. The second-order valence-corrected chi connectivity index (χ2v) is 5.07. The zero-order valence-corrected chi connectivity index (χ0v) is 12.6. The standard InChI is InChI=1S/C18H16N2O3/c1-23-16-9-5-2-6-12(16)10-20-18(22)14-11-19-15-8-4-3-7-13(15)17(14)21/h2-9,11H,10H2,1H3,(H,19,21)(H,20,22). The van der Waals surface area contributed by atoms with Crippen molar-refractivity contribution in [3.8, 4) is 5.75 Å². The molecule has 1 aromatic heterocycles.